The highest BCUT2D eigenvalue weighted by atomic mass is 35.5. The van der Waals surface area contributed by atoms with Gasteiger partial charge in [-0.1, -0.05) is 58.7 Å². The van der Waals surface area contributed by atoms with Crippen molar-refractivity contribution in [3.63, 3.8) is 0 Å². The Hall–Kier alpha value is -2.94. The first kappa shape index (κ1) is 27.1. The van der Waals surface area contributed by atoms with Crippen LogP contribution in [0.25, 0.3) is 11.4 Å². The number of aromatic nitrogens is 2. The molecule has 1 atom stereocenters. The maximum absolute atomic E-state index is 12.5. The Labute approximate surface area is 226 Å². The molecule has 3 aromatic rings. The summed E-state index contributed by atoms with van der Waals surface area (Å²) in [6.45, 7) is 0.164. The third-order valence-electron chi connectivity index (χ3n) is 6.66. The number of nitrogens with one attached hydrogen (secondary N) is 2. The van der Waals surface area contributed by atoms with Gasteiger partial charge in [0, 0.05) is 40.7 Å². The molecule has 0 aliphatic heterocycles. The second kappa shape index (κ2) is 12.5. The summed E-state index contributed by atoms with van der Waals surface area (Å²) in [5.74, 6) is -0.0796. The van der Waals surface area contributed by atoms with Crippen LogP contribution >= 0.6 is 23.2 Å². The zero-order valence-electron chi connectivity index (χ0n) is 20.9. The maximum atomic E-state index is 12.5. The summed E-state index contributed by atoms with van der Waals surface area (Å²) in [6, 6.07) is 16.0. The van der Waals surface area contributed by atoms with Crippen LogP contribution in [-0.4, -0.2) is 53.5 Å². The van der Waals surface area contributed by atoms with E-state index in [4.69, 9.17) is 27.7 Å². The van der Waals surface area contributed by atoms with E-state index in [9.17, 15) is 9.59 Å². The van der Waals surface area contributed by atoms with Gasteiger partial charge < -0.3 is 20.1 Å². The molecule has 2 aromatic carbocycles. The van der Waals surface area contributed by atoms with E-state index in [1.165, 1.54) is 5.56 Å². The van der Waals surface area contributed by atoms with Crippen molar-refractivity contribution in [2.75, 3.05) is 20.6 Å². The number of amides is 2. The monoisotopic (exact) mass is 543 g/mol. The summed E-state index contributed by atoms with van der Waals surface area (Å²) in [5, 5.41) is 10.4. The molecule has 0 radical (unpaired) electrons. The van der Waals surface area contributed by atoms with E-state index in [-0.39, 0.29) is 36.6 Å². The van der Waals surface area contributed by atoms with Crippen molar-refractivity contribution < 1.29 is 14.1 Å². The van der Waals surface area contributed by atoms with E-state index in [0.717, 1.165) is 25.7 Å². The average Bonchev–Trinajstić information content (AvgIpc) is 3.36. The van der Waals surface area contributed by atoms with Gasteiger partial charge in [-0.2, -0.15) is 4.98 Å². The summed E-state index contributed by atoms with van der Waals surface area (Å²) >= 11 is 12.0. The Morgan fingerprint density at radius 1 is 1.05 bits per heavy atom. The molecule has 196 valence electrons. The molecule has 2 amide bonds. The van der Waals surface area contributed by atoms with Crippen molar-refractivity contribution in [2.45, 2.75) is 44.2 Å². The lowest BCUT2D eigenvalue weighted by atomic mass is 9.78. The minimum Gasteiger partial charge on any atom is -0.353 e. The third kappa shape index (κ3) is 7.31. The smallest absolute Gasteiger partial charge is 0.316 e. The van der Waals surface area contributed by atoms with Crippen molar-refractivity contribution >= 4 is 35.0 Å². The molecule has 0 bridgehead atoms. The van der Waals surface area contributed by atoms with Crippen LogP contribution in [0.15, 0.2) is 53.1 Å². The topological polar surface area (TPSA) is 100 Å². The van der Waals surface area contributed by atoms with Gasteiger partial charge in [-0.15, -0.1) is 0 Å². The molecule has 1 aliphatic rings. The number of nitrogens with zero attached hydrogens (tertiary/aromatic N) is 3. The van der Waals surface area contributed by atoms with Crippen LogP contribution in [0.5, 0.6) is 0 Å². The molecule has 0 saturated heterocycles. The van der Waals surface area contributed by atoms with E-state index < -0.39 is 5.91 Å². The molecule has 8 nitrogen and oxygen atoms in total. The molecular weight excluding hydrogens is 513 g/mol. The first-order valence-corrected chi connectivity index (χ1v) is 13.1. The molecule has 1 heterocycles. The fourth-order valence-electron chi connectivity index (χ4n) is 5.00. The summed E-state index contributed by atoms with van der Waals surface area (Å²) < 4.78 is 5.05. The first-order chi connectivity index (χ1) is 17.8. The predicted molar refractivity (Wildman–Crippen MR) is 143 cm³/mol. The number of rotatable bonds is 9. The van der Waals surface area contributed by atoms with Crippen molar-refractivity contribution in [1.29, 1.82) is 0 Å². The second-order valence-electron chi connectivity index (χ2n) is 9.59. The normalized spacial score (nSPS) is 18.4. The van der Waals surface area contributed by atoms with E-state index in [1.54, 1.807) is 18.2 Å². The standard InChI is InChI=1S/C27H31Cl2N5O3/c1-34(2)24(17-6-4-3-5-7-17)18-8-10-22(11-9-18)31-23(35)12-13-30-26(36)27-32-25(33-37-27)19-14-20(28)16-21(29)15-19/h3-7,14-16,18,22,24H,8-13H2,1-2H3,(H,30,36)(H,31,35). The molecule has 2 N–H and O–H groups in total. The van der Waals surface area contributed by atoms with Crippen LogP contribution in [0.1, 0.15) is 54.4 Å². The molecule has 1 aliphatic carbocycles. The summed E-state index contributed by atoms with van der Waals surface area (Å²) in [5.41, 5.74) is 1.87. The quantitative estimate of drug-likeness (QED) is 0.387. The van der Waals surface area contributed by atoms with Gasteiger partial charge in [-0.25, -0.2) is 0 Å². The fourth-order valence-corrected chi connectivity index (χ4v) is 5.53. The molecule has 1 fully saturated rings. The molecule has 1 unspecified atom stereocenters. The number of carbonyl (C=O) groups is 2. The molecule has 1 aromatic heterocycles. The highest BCUT2D eigenvalue weighted by Crippen LogP contribution is 2.37. The Bertz CT molecular complexity index is 1190. The van der Waals surface area contributed by atoms with Gasteiger partial charge in [-0.3, -0.25) is 9.59 Å². The first-order valence-electron chi connectivity index (χ1n) is 12.4. The molecule has 10 heteroatoms. The van der Waals surface area contributed by atoms with Crippen molar-refractivity contribution in [3.05, 3.63) is 70.0 Å². The number of hydrogen-bond donors (Lipinski definition) is 2. The molecule has 0 spiro atoms. The summed E-state index contributed by atoms with van der Waals surface area (Å²) in [4.78, 5) is 31.2. The zero-order valence-corrected chi connectivity index (χ0v) is 22.4. The summed E-state index contributed by atoms with van der Waals surface area (Å²) in [6.07, 6.45) is 4.16. The van der Waals surface area contributed by atoms with Crippen LogP contribution in [-0.2, 0) is 4.79 Å². The maximum Gasteiger partial charge on any atom is 0.316 e. The number of halogens is 2. The molecule has 37 heavy (non-hydrogen) atoms. The van der Waals surface area contributed by atoms with E-state index in [0.29, 0.717) is 27.6 Å². The number of hydrogen-bond acceptors (Lipinski definition) is 6. The molecule has 1 saturated carbocycles. The van der Waals surface area contributed by atoms with Gasteiger partial charge in [-0.05, 0) is 69.5 Å². The van der Waals surface area contributed by atoms with Crippen LogP contribution < -0.4 is 10.6 Å². The van der Waals surface area contributed by atoms with Crippen LogP contribution in [0.2, 0.25) is 10.0 Å². The van der Waals surface area contributed by atoms with E-state index >= 15 is 0 Å². The van der Waals surface area contributed by atoms with E-state index in [1.807, 2.05) is 6.07 Å². The Balaban J connectivity index is 1.20. The van der Waals surface area contributed by atoms with Crippen molar-refractivity contribution in [3.8, 4) is 11.4 Å². The SMILES string of the molecule is CN(C)C(c1ccccc1)C1CCC(NC(=O)CCNC(=O)c2nc(-c3cc(Cl)cc(Cl)c3)no2)CC1. The van der Waals surface area contributed by atoms with Gasteiger partial charge in [0.1, 0.15) is 0 Å². The minimum atomic E-state index is -0.546. The Kier molecular flexibility index (Phi) is 9.18. The zero-order chi connectivity index (χ0) is 26.4. The molecule has 4 rings (SSSR count). The molecular formula is C27H31Cl2N5O3. The van der Waals surface area contributed by atoms with Gasteiger partial charge in [0.15, 0.2) is 0 Å². The minimum absolute atomic E-state index is 0.0873. The largest absolute Gasteiger partial charge is 0.353 e. The van der Waals surface area contributed by atoms with Gasteiger partial charge >= 0.3 is 11.8 Å². The Morgan fingerprint density at radius 2 is 1.73 bits per heavy atom. The Morgan fingerprint density at radius 3 is 2.38 bits per heavy atom. The van der Waals surface area contributed by atoms with Crippen molar-refractivity contribution in [2.24, 2.45) is 5.92 Å². The highest BCUT2D eigenvalue weighted by molar-refractivity contribution is 6.35. The number of carbonyl (C=O) groups excluding carboxylic acids is 2. The van der Waals surface area contributed by atoms with Gasteiger partial charge in [0.25, 0.3) is 0 Å². The summed E-state index contributed by atoms with van der Waals surface area (Å²) in [7, 11) is 4.25. The van der Waals surface area contributed by atoms with E-state index in [2.05, 4.69) is 64.0 Å². The fraction of sp³-hybridized carbons (Fsp3) is 0.407. The van der Waals surface area contributed by atoms with Crippen LogP contribution in [0.3, 0.4) is 0 Å². The van der Waals surface area contributed by atoms with Gasteiger partial charge in [0.05, 0.1) is 0 Å². The lowest BCUT2D eigenvalue weighted by Gasteiger charge is -2.37. The van der Waals surface area contributed by atoms with Gasteiger partial charge in [0.2, 0.25) is 11.7 Å². The highest BCUT2D eigenvalue weighted by Gasteiger charge is 2.30. The average molecular weight is 544 g/mol. The second-order valence-corrected chi connectivity index (χ2v) is 10.5. The lowest BCUT2D eigenvalue weighted by Crippen LogP contribution is -2.41. The van der Waals surface area contributed by atoms with Crippen LogP contribution in [0.4, 0.5) is 0 Å². The lowest BCUT2D eigenvalue weighted by molar-refractivity contribution is -0.122. The van der Waals surface area contributed by atoms with Crippen LogP contribution in [0, 0.1) is 5.92 Å². The van der Waals surface area contributed by atoms with Crippen molar-refractivity contribution in [1.82, 2.24) is 25.7 Å². The third-order valence-corrected chi connectivity index (χ3v) is 7.10. The number of benzene rings is 2. The predicted octanol–water partition coefficient (Wildman–Crippen LogP) is 5.14.